The van der Waals surface area contributed by atoms with Crippen molar-refractivity contribution in [3.8, 4) is 5.75 Å². The van der Waals surface area contributed by atoms with Gasteiger partial charge in [0.25, 0.3) is 0 Å². The largest absolute Gasteiger partial charge is 0.497 e. The van der Waals surface area contributed by atoms with Crippen molar-refractivity contribution in [2.24, 2.45) is 0 Å². The number of amides is 1. The van der Waals surface area contributed by atoms with Gasteiger partial charge in [-0.25, -0.2) is 8.42 Å². The molecule has 0 saturated carbocycles. The van der Waals surface area contributed by atoms with E-state index >= 15 is 0 Å². The van der Waals surface area contributed by atoms with Crippen LogP contribution in [0, 0.1) is 20.8 Å². The quantitative estimate of drug-likeness (QED) is 0.820. The van der Waals surface area contributed by atoms with Crippen LogP contribution in [0.2, 0.25) is 0 Å². The van der Waals surface area contributed by atoms with Gasteiger partial charge >= 0.3 is 0 Å². The molecule has 6 nitrogen and oxygen atoms in total. The molecule has 0 aromatic heterocycles. The van der Waals surface area contributed by atoms with Crippen LogP contribution in [-0.2, 0) is 14.8 Å². The first kappa shape index (κ1) is 20.8. The van der Waals surface area contributed by atoms with Crippen molar-refractivity contribution in [1.29, 1.82) is 0 Å². The van der Waals surface area contributed by atoms with E-state index in [1.54, 1.807) is 31.2 Å². The fourth-order valence-corrected chi connectivity index (χ4v) is 4.33. The second-order valence-electron chi connectivity index (χ2n) is 6.70. The highest BCUT2D eigenvalue weighted by Crippen LogP contribution is 2.27. The van der Waals surface area contributed by atoms with Crippen LogP contribution in [0.25, 0.3) is 0 Å². The fourth-order valence-electron chi connectivity index (χ4n) is 3.16. The number of rotatable bonds is 6. The summed E-state index contributed by atoms with van der Waals surface area (Å²) in [6, 6.07) is 9.64. The Morgan fingerprint density at radius 2 is 1.70 bits per heavy atom. The molecule has 0 aliphatic rings. The van der Waals surface area contributed by atoms with Gasteiger partial charge in [0.15, 0.2) is 0 Å². The van der Waals surface area contributed by atoms with Crippen molar-refractivity contribution in [2.75, 3.05) is 23.0 Å². The molecule has 1 atom stereocenters. The Labute approximate surface area is 161 Å². The van der Waals surface area contributed by atoms with Crippen LogP contribution in [0.3, 0.4) is 0 Å². The Morgan fingerprint density at radius 1 is 1.11 bits per heavy atom. The van der Waals surface area contributed by atoms with Gasteiger partial charge in [0, 0.05) is 11.8 Å². The molecular formula is C20H26N2O4S. The molecule has 2 aromatic carbocycles. The minimum atomic E-state index is -3.69. The van der Waals surface area contributed by atoms with Crippen LogP contribution in [-0.4, -0.2) is 33.7 Å². The van der Waals surface area contributed by atoms with Crippen molar-refractivity contribution in [2.45, 2.75) is 33.7 Å². The van der Waals surface area contributed by atoms with Gasteiger partial charge in [-0.05, 0) is 51.0 Å². The number of hydrogen-bond donors (Lipinski definition) is 1. The monoisotopic (exact) mass is 390 g/mol. The van der Waals surface area contributed by atoms with Crippen LogP contribution in [0.5, 0.6) is 5.75 Å². The Balaban J connectivity index is 2.38. The molecule has 0 bridgehead atoms. The molecule has 0 fully saturated rings. The molecule has 0 saturated heterocycles. The number of nitrogens with zero attached hydrogens (tertiary/aromatic N) is 1. The van der Waals surface area contributed by atoms with E-state index in [1.165, 1.54) is 7.11 Å². The lowest BCUT2D eigenvalue weighted by Crippen LogP contribution is -2.45. The Morgan fingerprint density at radius 3 is 2.22 bits per heavy atom. The van der Waals surface area contributed by atoms with E-state index in [2.05, 4.69) is 5.32 Å². The van der Waals surface area contributed by atoms with Crippen molar-refractivity contribution in [1.82, 2.24) is 0 Å². The summed E-state index contributed by atoms with van der Waals surface area (Å²) in [6.07, 6.45) is 1.08. The van der Waals surface area contributed by atoms with Crippen LogP contribution in [0.4, 0.5) is 11.4 Å². The highest BCUT2D eigenvalue weighted by molar-refractivity contribution is 7.92. The summed E-state index contributed by atoms with van der Waals surface area (Å²) in [7, 11) is -2.19. The first-order valence-electron chi connectivity index (χ1n) is 8.56. The second kappa shape index (κ2) is 8.00. The maximum atomic E-state index is 12.9. The maximum Gasteiger partial charge on any atom is 0.248 e. The van der Waals surface area contributed by atoms with Gasteiger partial charge in [0.05, 0.1) is 19.1 Å². The third-order valence-corrected chi connectivity index (χ3v) is 5.56. The summed E-state index contributed by atoms with van der Waals surface area (Å²) in [4.78, 5) is 12.9. The number of nitrogens with one attached hydrogen (secondary N) is 1. The van der Waals surface area contributed by atoms with Crippen LogP contribution in [0.1, 0.15) is 23.6 Å². The van der Waals surface area contributed by atoms with Gasteiger partial charge in [-0.3, -0.25) is 9.10 Å². The zero-order chi connectivity index (χ0) is 20.4. The summed E-state index contributed by atoms with van der Waals surface area (Å²) in [5.41, 5.74) is 4.04. The number of hydrogen-bond acceptors (Lipinski definition) is 4. The molecule has 0 aliphatic carbocycles. The zero-order valence-electron chi connectivity index (χ0n) is 16.5. The van der Waals surface area contributed by atoms with E-state index in [1.807, 2.05) is 32.9 Å². The fraction of sp³-hybridized carbons (Fsp3) is 0.350. The van der Waals surface area contributed by atoms with Crippen molar-refractivity contribution < 1.29 is 17.9 Å². The van der Waals surface area contributed by atoms with Gasteiger partial charge in [-0.2, -0.15) is 0 Å². The second-order valence-corrected chi connectivity index (χ2v) is 8.56. The minimum Gasteiger partial charge on any atom is -0.497 e. The third-order valence-electron chi connectivity index (χ3n) is 4.32. The highest BCUT2D eigenvalue weighted by Gasteiger charge is 2.29. The summed E-state index contributed by atoms with van der Waals surface area (Å²) < 4.78 is 31.1. The molecule has 0 aliphatic heterocycles. The van der Waals surface area contributed by atoms with Crippen molar-refractivity contribution in [3.63, 3.8) is 0 Å². The smallest absolute Gasteiger partial charge is 0.248 e. The Hall–Kier alpha value is -2.54. The lowest BCUT2D eigenvalue weighted by atomic mass is 10.0. The number of carbonyl (C=O) groups excluding carboxylic acids is 1. The molecule has 2 rings (SSSR count). The topological polar surface area (TPSA) is 75.7 Å². The Bertz CT molecular complexity index is 931. The van der Waals surface area contributed by atoms with Gasteiger partial charge < -0.3 is 10.1 Å². The Kier molecular flexibility index (Phi) is 6.15. The number of methoxy groups -OCH3 is 1. The van der Waals surface area contributed by atoms with Crippen LogP contribution in [0.15, 0.2) is 36.4 Å². The molecular weight excluding hydrogens is 364 g/mol. The number of carbonyl (C=O) groups is 1. The predicted molar refractivity (Wildman–Crippen MR) is 109 cm³/mol. The van der Waals surface area contributed by atoms with Gasteiger partial charge in [0.2, 0.25) is 15.9 Å². The first-order chi connectivity index (χ1) is 12.5. The molecule has 7 heteroatoms. The average Bonchev–Trinajstić information content (AvgIpc) is 2.56. The molecule has 27 heavy (non-hydrogen) atoms. The molecule has 0 heterocycles. The molecule has 146 valence electrons. The minimum absolute atomic E-state index is 0.372. The van der Waals surface area contributed by atoms with Gasteiger partial charge in [-0.1, -0.05) is 23.8 Å². The van der Waals surface area contributed by atoms with E-state index in [9.17, 15) is 13.2 Å². The zero-order valence-corrected chi connectivity index (χ0v) is 17.3. The molecule has 0 spiro atoms. The average molecular weight is 391 g/mol. The number of anilines is 2. The van der Waals surface area contributed by atoms with Gasteiger partial charge in [-0.15, -0.1) is 0 Å². The number of aryl methyl sites for hydroxylation is 3. The molecule has 0 radical (unpaired) electrons. The van der Waals surface area contributed by atoms with E-state index in [0.29, 0.717) is 17.1 Å². The van der Waals surface area contributed by atoms with E-state index in [-0.39, 0.29) is 0 Å². The summed E-state index contributed by atoms with van der Waals surface area (Å²) in [5.74, 6) is 0.109. The predicted octanol–water partition coefficient (Wildman–Crippen LogP) is 3.41. The first-order valence-corrected chi connectivity index (χ1v) is 10.4. The summed E-state index contributed by atoms with van der Waals surface area (Å²) in [6.45, 7) is 7.38. The highest BCUT2D eigenvalue weighted by atomic mass is 32.2. The van der Waals surface area contributed by atoms with Crippen molar-refractivity contribution in [3.05, 3.63) is 53.1 Å². The molecule has 2 aromatic rings. The molecule has 1 amide bonds. The molecule has 0 unspecified atom stereocenters. The summed E-state index contributed by atoms with van der Waals surface area (Å²) >= 11 is 0. The maximum absolute atomic E-state index is 12.9. The SMILES string of the molecule is COc1cccc(N([C@@H](C)C(=O)Nc2c(C)cc(C)cc2C)S(C)(=O)=O)c1. The van der Waals surface area contributed by atoms with Crippen LogP contribution >= 0.6 is 0 Å². The van der Waals surface area contributed by atoms with E-state index in [0.717, 1.165) is 27.3 Å². The van der Waals surface area contributed by atoms with E-state index < -0.39 is 22.0 Å². The third kappa shape index (κ3) is 4.80. The molecule has 1 N–H and O–H groups in total. The van der Waals surface area contributed by atoms with Crippen LogP contribution < -0.4 is 14.4 Å². The standard InChI is InChI=1S/C20H26N2O4S/c1-13-10-14(2)19(15(3)11-13)21-20(23)16(4)22(27(6,24)25)17-8-7-9-18(12-17)26-5/h7-12,16H,1-6H3,(H,21,23)/t16-/m0/s1. The number of sulfonamides is 1. The summed E-state index contributed by atoms with van der Waals surface area (Å²) in [5, 5.41) is 2.88. The lowest BCUT2D eigenvalue weighted by Gasteiger charge is -2.29. The number of ether oxygens (including phenoxy) is 1. The van der Waals surface area contributed by atoms with Crippen molar-refractivity contribution >= 4 is 27.3 Å². The number of benzene rings is 2. The van der Waals surface area contributed by atoms with E-state index in [4.69, 9.17) is 4.74 Å². The normalized spacial score (nSPS) is 12.4. The van der Waals surface area contributed by atoms with Gasteiger partial charge in [0.1, 0.15) is 11.8 Å². The lowest BCUT2D eigenvalue weighted by molar-refractivity contribution is -0.116.